The number of rotatable bonds is 14. The number of aliphatic hydroxyl groups is 2. The highest BCUT2D eigenvalue weighted by atomic mass is 16.9. The molecular formula is C25H35N5O17. The zero-order valence-corrected chi connectivity index (χ0v) is 24.7. The van der Waals surface area contributed by atoms with E-state index in [9.17, 15) is 19.2 Å². The number of fused-ring (bicyclic) bond motifs is 1. The van der Waals surface area contributed by atoms with Crippen molar-refractivity contribution in [2.45, 2.75) is 6.42 Å². The lowest BCUT2D eigenvalue weighted by Crippen LogP contribution is -2.31. The molecule has 9 N–H and O–H groups in total. The summed E-state index contributed by atoms with van der Waals surface area (Å²) in [6.45, 7) is 3.08. The van der Waals surface area contributed by atoms with Gasteiger partial charge in [-0.15, -0.1) is 20.2 Å². The molecule has 0 aliphatic rings. The molecular weight excluding hydrogens is 642 g/mol. The molecule has 0 saturated heterocycles. The number of aliphatic hydroxyl groups excluding tert-OH is 2. The number of aromatic nitrogens is 1. The molecule has 0 atom stereocenters. The van der Waals surface area contributed by atoms with Crippen LogP contribution in [0.2, 0.25) is 0 Å². The molecule has 0 aliphatic heterocycles. The molecule has 1 heterocycles. The van der Waals surface area contributed by atoms with Crippen LogP contribution in [-0.2, 0) is 19.2 Å². The molecule has 0 saturated carbocycles. The van der Waals surface area contributed by atoms with Crippen molar-refractivity contribution in [2.75, 3.05) is 51.8 Å². The second-order valence-electron chi connectivity index (χ2n) is 7.81. The fraction of sp³-hybridized carbons (Fsp3) is 0.320. The van der Waals surface area contributed by atoms with Crippen molar-refractivity contribution in [3.05, 3.63) is 75.0 Å². The number of nitrogens with zero attached hydrogens (tertiary/aromatic N) is 4. The lowest BCUT2D eigenvalue weighted by atomic mass is 10.1. The number of carbonyl (C=O) groups is 4. The Morgan fingerprint density at radius 1 is 0.830 bits per heavy atom. The Morgan fingerprint density at radius 3 is 1.62 bits per heavy atom. The number of ether oxygens (including phenoxy) is 1. The van der Waals surface area contributed by atoms with E-state index in [0.717, 1.165) is 41.9 Å². The summed E-state index contributed by atoms with van der Waals surface area (Å²) in [4.78, 5) is 61.4. The van der Waals surface area contributed by atoms with Crippen molar-refractivity contribution < 1.29 is 75.1 Å². The molecule has 47 heavy (non-hydrogen) atoms. The smallest absolute Gasteiger partial charge is 0.328 e. The third kappa shape index (κ3) is 32.6. The van der Waals surface area contributed by atoms with Gasteiger partial charge in [-0.3, -0.25) is 9.88 Å². The van der Waals surface area contributed by atoms with Gasteiger partial charge in [0.1, 0.15) is 5.75 Å². The fourth-order valence-corrected chi connectivity index (χ4v) is 2.84. The van der Waals surface area contributed by atoms with Crippen molar-refractivity contribution in [3.8, 4) is 5.75 Å². The minimum atomic E-state index is -1.50. The van der Waals surface area contributed by atoms with Gasteiger partial charge < -0.3 is 51.1 Å². The Morgan fingerprint density at radius 2 is 1.26 bits per heavy atom. The van der Waals surface area contributed by atoms with Gasteiger partial charge in [-0.2, -0.15) is 0 Å². The summed E-state index contributed by atoms with van der Waals surface area (Å²) < 4.78 is 5.23. The zero-order chi connectivity index (χ0) is 36.8. The van der Waals surface area contributed by atoms with E-state index in [-0.39, 0.29) is 13.2 Å². The number of carboxylic acid groups (broad SMARTS) is 4. The largest absolute Gasteiger partial charge is 0.497 e. The van der Waals surface area contributed by atoms with Gasteiger partial charge in [-0.25, -0.2) is 19.2 Å². The summed E-state index contributed by atoms with van der Waals surface area (Å²) >= 11 is 0. The maximum Gasteiger partial charge on any atom is 0.328 e. The number of benzene rings is 1. The molecule has 22 nitrogen and oxygen atoms in total. The number of nitrogens with one attached hydrogen (secondary N) is 1. The molecule has 1 aromatic heterocycles. The first-order valence-corrected chi connectivity index (χ1v) is 12.6. The number of carboxylic acids is 4. The molecule has 2 aromatic rings. The van der Waals surface area contributed by atoms with Gasteiger partial charge in [0.05, 0.1) is 25.8 Å². The Hall–Kier alpha value is -6.13. The second kappa shape index (κ2) is 28.6. The van der Waals surface area contributed by atoms with Gasteiger partial charge in [0.15, 0.2) is 0 Å². The quantitative estimate of drug-likeness (QED) is 0.0552. The first-order valence-electron chi connectivity index (χ1n) is 12.6. The van der Waals surface area contributed by atoms with Crippen LogP contribution in [0.25, 0.3) is 10.9 Å². The SMILES string of the molecule is COc1ccc2c(NCCCN(CCO)CCO)ccnc2c1.O=C(O)C=CC(=O)O.O=C(O)C=CC(=O)O.O=[N+]([O-])O.O=[N+]([O-])O. The number of methoxy groups -OCH3 is 1. The van der Waals surface area contributed by atoms with E-state index in [4.69, 9.17) is 66.0 Å². The van der Waals surface area contributed by atoms with Crippen LogP contribution in [0.15, 0.2) is 54.8 Å². The summed E-state index contributed by atoms with van der Waals surface area (Å²) in [5, 5.41) is 81.0. The summed E-state index contributed by atoms with van der Waals surface area (Å²) in [5.74, 6) is -4.23. The summed E-state index contributed by atoms with van der Waals surface area (Å²) in [6.07, 6.45) is 4.95. The van der Waals surface area contributed by atoms with E-state index in [0.29, 0.717) is 37.4 Å². The average molecular weight is 678 g/mol. The summed E-state index contributed by atoms with van der Waals surface area (Å²) in [6, 6.07) is 7.82. The minimum Gasteiger partial charge on any atom is -0.497 e. The van der Waals surface area contributed by atoms with Crippen LogP contribution < -0.4 is 10.1 Å². The van der Waals surface area contributed by atoms with Gasteiger partial charge in [-0.1, -0.05) is 0 Å². The van der Waals surface area contributed by atoms with Crippen molar-refractivity contribution in [1.82, 2.24) is 9.88 Å². The number of anilines is 1. The van der Waals surface area contributed by atoms with Crippen LogP contribution in [0.3, 0.4) is 0 Å². The van der Waals surface area contributed by atoms with Crippen molar-refractivity contribution in [2.24, 2.45) is 0 Å². The monoisotopic (exact) mass is 677 g/mol. The summed E-state index contributed by atoms with van der Waals surface area (Å²) in [7, 11) is 1.65. The average Bonchev–Trinajstić information content (AvgIpc) is 2.97. The lowest BCUT2D eigenvalue weighted by molar-refractivity contribution is -0.742. The molecule has 0 bridgehead atoms. The van der Waals surface area contributed by atoms with E-state index in [2.05, 4.69) is 15.2 Å². The van der Waals surface area contributed by atoms with E-state index >= 15 is 0 Å². The van der Waals surface area contributed by atoms with Crippen molar-refractivity contribution in [1.29, 1.82) is 0 Å². The first kappa shape index (κ1) is 45.3. The highest BCUT2D eigenvalue weighted by Gasteiger charge is 2.05. The van der Waals surface area contributed by atoms with Crippen LogP contribution in [0.1, 0.15) is 6.42 Å². The van der Waals surface area contributed by atoms with E-state index in [1.165, 1.54) is 0 Å². The molecule has 1 aromatic carbocycles. The zero-order valence-electron chi connectivity index (χ0n) is 24.7. The highest BCUT2D eigenvalue weighted by Crippen LogP contribution is 2.25. The van der Waals surface area contributed by atoms with Gasteiger partial charge in [-0.05, 0) is 31.2 Å². The van der Waals surface area contributed by atoms with Crippen LogP contribution in [-0.4, -0.2) is 131 Å². The first-order chi connectivity index (χ1) is 22.0. The molecule has 2 rings (SSSR count). The Balaban J connectivity index is -0.000000659. The number of aliphatic carboxylic acids is 4. The minimum absolute atomic E-state index is 0.115. The lowest BCUT2D eigenvalue weighted by Gasteiger charge is -2.20. The molecule has 262 valence electrons. The van der Waals surface area contributed by atoms with Crippen LogP contribution in [0, 0.1) is 20.2 Å². The number of pyridine rings is 1. The second-order valence-corrected chi connectivity index (χ2v) is 7.81. The van der Waals surface area contributed by atoms with Crippen molar-refractivity contribution >= 4 is 40.5 Å². The highest BCUT2D eigenvalue weighted by molar-refractivity contribution is 5.92. The third-order valence-electron chi connectivity index (χ3n) is 4.49. The third-order valence-corrected chi connectivity index (χ3v) is 4.49. The summed E-state index contributed by atoms with van der Waals surface area (Å²) in [5.41, 5.74) is 1.95. The predicted molar refractivity (Wildman–Crippen MR) is 158 cm³/mol. The molecule has 0 aliphatic carbocycles. The van der Waals surface area contributed by atoms with Gasteiger partial charge in [0, 0.05) is 67.3 Å². The topological polar surface area (TPSA) is 354 Å². The van der Waals surface area contributed by atoms with Crippen LogP contribution in [0.4, 0.5) is 5.69 Å². The Kier molecular flexibility index (Phi) is 27.6. The molecule has 22 heteroatoms. The Labute approximate surface area is 264 Å². The van der Waals surface area contributed by atoms with E-state index in [1.54, 1.807) is 13.3 Å². The van der Waals surface area contributed by atoms with Gasteiger partial charge in [0.25, 0.3) is 10.2 Å². The van der Waals surface area contributed by atoms with Gasteiger partial charge >= 0.3 is 23.9 Å². The molecule has 0 radical (unpaired) electrons. The standard InChI is InChI=1S/C17H25N3O3.2C4H4O4.2HNO3/c1-23-14-3-4-15-16(5-7-19-17(15)13-14)18-6-2-8-20(9-11-21)10-12-22;2*5-3(6)1-2-4(7)8;2*2-1(3)4/h3-5,7,13,21-22H,2,6,8-12H2,1H3,(H,18,19);2*1-2H,(H,5,6)(H,7,8);2*(H,2,3,4). The Bertz CT molecular complexity index is 1230. The van der Waals surface area contributed by atoms with E-state index < -0.39 is 34.1 Å². The number of hydrogen-bond acceptors (Lipinski definition) is 14. The van der Waals surface area contributed by atoms with Crippen molar-refractivity contribution in [3.63, 3.8) is 0 Å². The fourth-order valence-electron chi connectivity index (χ4n) is 2.84. The predicted octanol–water partition coefficient (Wildman–Crippen LogP) is 0.0602. The van der Waals surface area contributed by atoms with Crippen LogP contribution in [0.5, 0.6) is 5.75 Å². The van der Waals surface area contributed by atoms with Crippen LogP contribution >= 0.6 is 0 Å². The molecule has 0 amide bonds. The van der Waals surface area contributed by atoms with E-state index in [1.807, 2.05) is 24.3 Å². The number of hydrogen-bond donors (Lipinski definition) is 9. The maximum absolute atomic E-state index is 9.55. The normalized spacial score (nSPS) is 9.70. The molecule has 0 spiro atoms. The van der Waals surface area contributed by atoms with Gasteiger partial charge in [0.2, 0.25) is 0 Å². The maximum atomic E-state index is 9.55. The molecule has 0 fully saturated rings. The molecule has 0 unspecified atom stereocenters.